The van der Waals surface area contributed by atoms with Gasteiger partial charge in [-0.05, 0) is 61.3 Å². The zero-order valence-corrected chi connectivity index (χ0v) is 12.2. The molecule has 0 amide bonds. The Labute approximate surface area is 117 Å². The van der Waals surface area contributed by atoms with Gasteiger partial charge in [-0.15, -0.1) is 0 Å². The first-order valence-corrected chi connectivity index (χ1v) is 6.82. The van der Waals surface area contributed by atoms with Crippen LogP contribution in [0.25, 0.3) is 0 Å². The minimum atomic E-state index is 0.324. The zero-order valence-electron chi connectivity index (χ0n) is 10.7. The molecule has 18 heavy (non-hydrogen) atoms. The van der Waals surface area contributed by atoms with Gasteiger partial charge in [0.15, 0.2) is 0 Å². The predicted octanol–water partition coefficient (Wildman–Crippen LogP) is 3.66. The topological polar surface area (TPSA) is 24.9 Å². The quantitative estimate of drug-likeness (QED) is 0.932. The lowest BCUT2D eigenvalue weighted by Gasteiger charge is -2.19. The van der Waals surface area contributed by atoms with Crippen molar-refractivity contribution in [2.75, 3.05) is 7.05 Å². The first kappa shape index (κ1) is 13.2. The fourth-order valence-electron chi connectivity index (χ4n) is 2.11. The van der Waals surface area contributed by atoms with Gasteiger partial charge in [-0.1, -0.05) is 22.0 Å². The Kier molecular flexibility index (Phi) is 4.50. The van der Waals surface area contributed by atoms with Gasteiger partial charge in [-0.3, -0.25) is 4.98 Å². The third-order valence-electron chi connectivity index (χ3n) is 3.15. The van der Waals surface area contributed by atoms with E-state index in [1.165, 1.54) is 16.7 Å². The van der Waals surface area contributed by atoms with E-state index in [0.29, 0.717) is 6.04 Å². The van der Waals surface area contributed by atoms with Crippen LogP contribution >= 0.6 is 15.9 Å². The Morgan fingerprint density at radius 2 is 1.94 bits per heavy atom. The molecule has 1 heterocycles. The van der Waals surface area contributed by atoms with Crippen molar-refractivity contribution in [3.63, 3.8) is 0 Å². The van der Waals surface area contributed by atoms with E-state index in [1.54, 1.807) is 0 Å². The lowest BCUT2D eigenvalue weighted by molar-refractivity contribution is 0.588. The number of rotatable bonds is 4. The minimum Gasteiger partial charge on any atom is -0.313 e. The lowest BCUT2D eigenvalue weighted by Crippen LogP contribution is -2.19. The van der Waals surface area contributed by atoms with Crippen molar-refractivity contribution >= 4 is 15.9 Å². The van der Waals surface area contributed by atoms with E-state index in [1.807, 2.05) is 19.4 Å². The maximum Gasteiger partial charge on any atom is 0.0361 e. The molecule has 0 saturated heterocycles. The van der Waals surface area contributed by atoms with Crippen molar-refractivity contribution in [3.05, 3.63) is 63.9 Å². The molecule has 0 bridgehead atoms. The van der Waals surface area contributed by atoms with Gasteiger partial charge in [-0.2, -0.15) is 0 Å². The van der Waals surface area contributed by atoms with Crippen LogP contribution in [0.3, 0.4) is 0 Å². The van der Waals surface area contributed by atoms with Crippen LogP contribution in [0.15, 0.2) is 47.2 Å². The van der Waals surface area contributed by atoms with Crippen molar-refractivity contribution in [2.24, 2.45) is 0 Å². The maximum absolute atomic E-state index is 4.06. The summed E-state index contributed by atoms with van der Waals surface area (Å²) in [6.07, 6.45) is 4.65. The molecule has 0 aliphatic heterocycles. The molecule has 1 aromatic heterocycles. The van der Waals surface area contributed by atoms with E-state index in [-0.39, 0.29) is 0 Å². The Hall–Kier alpha value is -1.19. The number of nitrogens with zero attached hydrogens (tertiary/aromatic N) is 1. The van der Waals surface area contributed by atoms with Gasteiger partial charge in [0.25, 0.3) is 0 Å². The molecule has 1 unspecified atom stereocenters. The summed E-state index contributed by atoms with van der Waals surface area (Å²) < 4.78 is 1.12. The van der Waals surface area contributed by atoms with Crippen LogP contribution in [0, 0.1) is 6.92 Å². The molecule has 2 rings (SSSR count). The van der Waals surface area contributed by atoms with Gasteiger partial charge in [-0.25, -0.2) is 0 Å². The number of nitrogens with one attached hydrogen (secondary N) is 1. The number of halogens is 1. The van der Waals surface area contributed by atoms with Gasteiger partial charge in [0.05, 0.1) is 0 Å². The minimum absolute atomic E-state index is 0.324. The van der Waals surface area contributed by atoms with E-state index in [4.69, 9.17) is 0 Å². The van der Waals surface area contributed by atoms with Gasteiger partial charge < -0.3 is 5.32 Å². The molecule has 2 nitrogen and oxygen atoms in total. The first-order chi connectivity index (χ1) is 8.70. The maximum atomic E-state index is 4.06. The second-order valence-electron chi connectivity index (χ2n) is 4.40. The number of likely N-dealkylation sites (N-methyl/N-ethyl adjacent to an activating group) is 1. The molecular formula is C15H17BrN2. The fourth-order valence-corrected chi connectivity index (χ4v) is 2.49. The first-order valence-electron chi connectivity index (χ1n) is 6.03. The van der Waals surface area contributed by atoms with Crippen molar-refractivity contribution in [1.82, 2.24) is 10.3 Å². The van der Waals surface area contributed by atoms with Crippen LogP contribution in [0.5, 0.6) is 0 Å². The third kappa shape index (κ3) is 3.18. The van der Waals surface area contributed by atoms with Crippen LogP contribution in [-0.2, 0) is 6.42 Å². The number of hydrogen-bond acceptors (Lipinski definition) is 2. The third-order valence-corrected chi connectivity index (χ3v) is 3.65. The molecular weight excluding hydrogens is 288 g/mol. The van der Waals surface area contributed by atoms with E-state index in [2.05, 4.69) is 63.5 Å². The molecule has 0 spiro atoms. The molecule has 0 fully saturated rings. The van der Waals surface area contributed by atoms with Gasteiger partial charge in [0, 0.05) is 22.9 Å². The summed E-state index contributed by atoms with van der Waals surface area (Å²) in [5.74, 6) is 0. The standard InChI is InChI=1S/C15H17BrN2/c1-11-3-4-13(16)10-14(11)15(17-2)9-12-5-7-18-8-6-12/h3-8,10,15,17H,9H2,1-2H3. The smallest absolute Gasteiger partial charge is 0.0361 e. The highest BCUT2D eigenvalue weighted by Crippen LogP contribution is 2.24. The second-order valence-corrected chi connectivity index (χ2v) is 5.32. The highest BCUT2D eigenvalue weighted by atomic mass is 79.9. The molecule has 0 aliphatic rings. The molecule has 3 heteroatoms. The summed E-state index contributed by atoms with van der Waals surface area (Å²) in [6.45, 7) is 2.15. The number of pyridine rings is 1. The molecule has 1 N–H and O–H groups in total. The molecule has 0 radical (unpaired) electrons. The molecule has 1 atom stereocenters. The average Bonchev–Trinajstić information content (AvgIpc) is 2.40. The van der Waals surface area contributed by atoms with Crippen LogP contribution in [0.2, 0.25) is 0 Å². The predicted molar refractivity (Wildman–Crippen MR) is 78.6 cm³/mol. The number of aromatic nitrogens is 1. The highest BCUT2D eigenvalue weighted by Gasteiger charge is 2.12. The van der Waals surface area contributed by atoms with Crippen molar-refractivity contribution in [2.45, 2.75) is 19.4 Å². The number of benzene rings is 1. The summed E-state index contributed by atoms with van der Waals surface area (Å²) in [5.41, 5.74) is 3.94. The summed E-state index contributed by atoms with van der Waals surface area (Å²) >= 11 is 3.54. The monoisotopic (exact) mass is 304 g/mol. The van der Waals surface area contributed by atoms with Gasteiger partial charge >= 0.3 is 0 Å². The Morgan fingerprint density at radius 3 is 2.61 bits per heavy atom. The summed E-state index contributed by atoms with van der Waals surface area (Å²) in [5, 5.41) is 3.39. The Morgan fingerprint density at radius 1 is 1.22 bits per heavy atom. The van der Waals surface area contributed by atoms with Crippen molar-refractivity contribution in [3.8, 4) is 0 Å². The highest BCUT2D eigenvalue weighted by molar-refractivity contribution is 9.10. The lowest BCUT2D eigenvalue weighted by atomic mass is 9.96. The van der Waals surface area contributed by atoms with Crippen LogP contribution in [-0.4, -0.2) is 12.0 Å². The number of hydrogen-bond donors (Lipinski definition) is 1. The van der Waals surface area contributed by atoms with E-state index >= 15 is 0 Å². The van der Waals surface area contributed by atoms with Crippen molar-refractivity contribution in [1.29, 1.82) is 0 Å². The molecule has 94 valence electrons. The van der Waals surface area contributed by atoms with E-state index in [0.717, 1.165) is 10.9 Å². The van der Waals surface area contributed by atoms with Crippen molar-refractivity contribution < 1.29 is 0 Å². The summed E-state index contributed by atoms with van der Waals surface area (Å²) in [6, 6.07) is 10.9. The fraction of sp³-hybridized carbons (Fsp3) is 0.267. The summed E-state index contributed by atoms with van der Waals surface area (Å²) in [4.78, 5) is 4.06. The molecule has 2 aromatic rings. The Bertz CT molecular complexity index is 511. The van der Waals surface area contributed by atoms with Gasteiger partial charge in [0.2, 0.25) is 0 Å². The largest absolute Gasteiger partial charge is 0.313 e. The van der Waals surface area contributed by atoms with Crippen LogP contribution in [0.1, 0.15) is 22.7 Å². The SMILES string of the molecule is CNC(Cc1ccncc1)c1cc(Br)ccc1C. The van der Waals surface area contributed by atoms with E-state index < -0.39 is 0 Å². The second kappa shape index (κ2) is 6.12. The summed E-state index contributed by atoms with van der Waals surface area (Å²) in [7, 11) is 2.01. The zero-order chi connectivity index (χ0) is 13.0. The van der Waals surface area contributed by atoms with E-state index in [9.17, 15) is 0 Å². The van der Waals surface area contributed by atoms with Crippen LogP contribution < -0.4 is 5.32 Å². The van der Waals surface area contributed by atoms with Crippen LogP contribution in [0.4, 0.5) is 0 Å². The Balaban J connectivity index is 2.26. The van der Waals surface area contributed by atoms with Gasteiger partial charge in [0.1, 0.15) is 0 Å². The molecule has 1 aromatic carbocycles. The molecule has 0 aliphatic carbocycles. The average molecular weight is 305 g/mol. The molecule has 0 saturated carbocycles. The number of aryl methyl sites for hydroxylation is 1. The normalized spacial score (nSPS) is 12.4.